The van der Waals surface area contributed by atoms with Gasteiger partial charge in [-0.2, -0.15) is 0 Å². The molecule has 0 saturated carbocycles. The summed E-state index contributed by atoms with van der Waals surface area (Å²) < 4.78 is 0. The normalized spacial score (nSPS) is 21.8. The first-order valence-corrected chi connectivity index (χ1v) is 15.5. The maximum absolute atomic E-state index is 2.67. The van der Waals surface area contributed by atoms with Gasteiger partial charge in [0.15, 0.2) is 0 Å². The van der Waals surface area contributed by atoms with Crippen LogP contribution in [0.4, 0.5) is 0 Å². The summed E-state index contributed by atoms with van der Waals surface area (Å²) in [5.74, 6) is 1.58. The Labute approximate surface area is 289 Å². The van der Waals surface area contributed by atoms with Gasteiger partial charge in [0.25, 0.3) is 0 Å². The second kappa shape index (κ2) is 12.0. The molecule has 42 heavy (non-hydrogen) atoms. The van der Waals surface area contributed by atoms with E-state index in [1.165, 1.54) is 46.2 Å². The average Bonchev–Trinajstić information content (AvgIpc) is 3.41. The van der Waals surface area contributed by atoms with Crippen molar-refractivity contribution in [1.82, 2.24) is 0 Å². The largest absolute Gasteiger partial charge is 2.00 e. The molecule has 0 saturated heterocycles. The minimum absolute atomic E-state index is 0. The van der Waals surface area contributed by atoms with E-state index in [0.717, 1.165) is 0 Å². The molecule has 0 spiro atoms. The van der Waals surface area contributed by atoms with Crippen LogP contribution in [0.3, 0.4) is 0 Å². The second-order valence-electron chi connectivity index (χ2n) is 16.8. The number of aryl methyl sites for hydroxylation is 2. The minimum Gasteiger partial charge on any atom is -1.00 e. The average molecular weight is 685 g/mol. The molecule has 0 bridgehead atoms. The van der Waals surface area contributed by atoms with Gasteiger partial charge >= 0.3 is 26.2 Å². The van der Waals surface area contributed by atoms with Crippen LogP contribution in [0, 0.1) is 36.5 Å². The van der Waals surface area contributed by atoms with Crippen LogP contribution in [-0.4, -0.2) is 0 Å². The Morgan fingerprint density at radius 3 is 1.50 bits per heavy atom. The first-order chi connectivity index (χ1) is 17.8. The van der Waals surface area contributed by atoms with Crippen LogP contribution in [0.5, 0.6) is 0 Å². The Morgan fingerprint density at radius 2 is 1.14 bits per heavy atom. The summed E-state index contributed by atoms with van der Waals surface area (Å²) in [5, 5.41) is 0. The fraction of sp³-hybridized carbons (Fsp3) is 0.590. The minimum atomic E-state index is 0. The monoisotopic (exact) mass is 682 g/mol. The molecule has 0 fully saturated rings. The van der Waals surface area contributed by atoms with Gasteiger partial charge in [0.05, 0.1) is 0 Å². The SMILES string of the molecule is Cc1cc2c(cc1C(C)(C)C)-c1cc(C(C)(C)C)c(C)cc1C2C1(C(C)C)CC(C)C2=C1C=C(C(C)(C)C)C2.[Cl-].[Cl-].[Zr+2]. The zero-order valence-corrected chi connectivity index (χ0v) is 32.8. The van der Waals surface area contributed by atoms with Crippen molar-refractivity contribution in [3.8, 4) is 11.1 Å². The van der Waals surface area contributed by atoms with Gasteiger partial charge in [0, 0.05) is 11.3 Å². The molecule has 0 radical (unpaired) electrons. The van der Waals surface area contributed by atoms with Crippen LogP contribution < -0.4 is 24.8 Å². The smallest absolute Gasteiger partial charge is 1.00 e. The topological polar surface area (TPSA) is 0 Å². The van der Waals surface area contributed by atoms with E-state index in [0.29, 0.717) is 17.8 Å². The summed E-state index contributed by atoms with van der Waals surface area (Å²) in [6.07, 6.45) is 5.10. The van der Waals surface area contributed by atoms with Gasteiger partial charge in [-0.05, 0) is 105 Å². The molecule has 2 aromatic rings. The molecule has 0 nitrogen and oxygen atoms in total. The summed E-state index contributed by atoms with van der Waals surface area (Å²) >= 11 is 0. The molecule has 3 aliphatic carbocycles. The summed E-state index contributed by atoms with van der Waals surface area (Å²) in [4.78, 5) is 0. The van der Waals surface area contributed by atoms with Gasteiger partial charge in [0.1, 0.15) is 0 Å². The maximum Gasteiger partial charge on any atom is 2.00 e. The predicted octanol–water partition coefficient (Wildman–Crippen LogP) is 5.37. The van der Waals surface area contributed by atoms with E-state index in [4.69, 9.17) is 0 Å². The van der Waals surface area contributed by atoms with Crippen LogP contribution in [-0.2, 0) is 37.0 Å². The molecule has 0 aliphatic heterocycles. The first-order valence-electron chi connectivity index (χ1n) is 15.5. The van der Waals surface area contributed by atoms with Gasteiger partial charge in [-0.1, -0.05) is 125 Å². The number of rotatable bonds is 2. The van der Waals surface area contributed by atoms with Crippen LogP contribution in [0.25, 0.3) is 11.1 Å². The van der Waals surface area contributed by atoms with Gasteiger partial charge < -0.3 is 24.8 Å². The van der Waals surface area contributed by atoms with Crippen LogP contribution in [0.1, 0.15) is 135 Å². The Balaban J connectivity index is 0.00000205. The van der Waals surface area contributed by atoms with Gasteiger partial charge in [-0.15, -0.1) is 0 Å². The second-order valence-corrected chi connectivity index (χ2v) is 16.8. The van der Waals surface area contributed by atoms with Crippen molar-refractivity contribution in [2.45, 2.75) is 127 Å². The third kappa shape index (κ3) is 5.76. The van der Waals surface area contributed by atoms with E-state index < -0.39 is 0 Å². The first kappa shape index (κ1) is 37.6. The van der Waals surface area contributed by atoms with E-state index in [2.05, 4.69) is 127 Å². The number of hydrogen-bond acceptors (Lipinski definition) is 0. The maximum atomic E-state index is 2.67. The molecule has 0 aromatic heterocycles. The Kier molecular flexibility index (Phi) is 10.7. The molecular formula is C39H54Cl2Zr. The van der Waals surface area contributed by atoms with E-state index in [1.54, 1.807) is 27.8 Å². The van der Waals surface area contributed by atoms with Crippen LogP contribution in [0.15, 0.2) is 47.1 Å². The Bertz CT molecular complexity index is 1350. The van der Waals surface area contributed by atoms with Crippen molar-refractivity contribution in [2.24, 2.45) is 22.7 Å². The summed E-state index contributed by atoms with van der Waals surface area (Å²) in [7, 11) is 0. The quantitative estimate of drug-likeness (QED) is 0.400. The molecule has 5 rings (SSSR count). The van der Waals surface area contributed by atoms with Crippen molar-refractivity contribution >= 4 is 0 Å². The van der Waals surface area contributed by atoms with E-state index in [1.807, 2.05) is 0 Å². The summed E-state index contributed by atoms with van der Waals surface area (Å²) in [6.45, 7) is 33.6. The van der Waals surface area contributed by atoms with Crippen LogP contribution in [0.2, 0.25) is 0 Å². The number of hydrogen-bond donors (Lipinski definition) is 0. The number of benzene rings is 2. The van der Waals surface area contributed by atoms with E-state index in [9.17, 15) is 0 Å². The van der Waals surface area contributed by atoms with Gasteiger partial charge in [0.2, 0.25) is 0 Å². The third-order valence-corrected chi connectivity index (χ3v) is 10.6. The molecule has 0 amide bonds. The third-order valence-electron chi connectivity index (χ3n) is 10.6. The van der Waals surface area contributed by atoms with Crippen molar-refractivity contribution < 1.29 is 51.0 Å². The number of allylic oxidation sites excluding steroid dienone is 4. The van der Waals surface area contributed by atoms with Gasteiger partial charge in [-0.25, -0.2) is 0 Å². The molecule has 0 heterocycles. The molecule has 228 valence electrons. The van der Waals surface area contributed by atoms with Crippen molar-refractivity contribution in [2.75, 3.05) is 0 Å². The predicted molar refractivity (Wildman–Crippen MR) is 171 cm³/mol. The number of fused-ring (bicyclic) bond motifs is 3. The van der Waals surface area contributed by atoms with Crippen molar-refractivity contribution in [1.29, 1.82) is 0 Å². The van der Waals surface area contributed by atoms with Crippen molar-refractivity contribution in [3.63, 3.8) is 0 Å². The fourth-order valence-corrected chi connectivity index (χ4v) is 8.61. The molecule has 2 atom stereocenters. The number of halogens is 2. The Morgan fingerprint density at radius 1 is 0.714 bits per heavy atom. The molecule has 2 aromatic carbocycles. The fourth-order valence-electron chi connectivity index (χ4n) is 8.61. The van der Waals surface area contributed by atoms with Crippen LogP contribution >= 0.6 is 0 Å². The van der Waals surface area contributed by atoms with Gasteiger partial charge in [-0.3, -0.25) is 0 Å². The van der Waals surface area contributed by atoms with Crippen molar-refractivity contribution in [3.05, 3.63) is 80.4 Å². The standard InChI is InChI=1S/C39H54.2ClH.Zr/c1-22(2)39(21-25(5)27-17-26(18-34(27)39)36(6,7)8)35-30-15-23(3)32(37(9,10)11)19-28(30)29-20-33(38(12,13)14)24(4)16-31(29)35;;;/h15-16,18-20,22,25,35H,17,21H2,1-14H3;2*1H;/q;;;+2/p-2. The zero-order valence-electron chi connectivity index (χ0n) is 28.8. The molecule has 0 N–H and O–H groups in total. The summed E-state index contributed by atoms with van der Waals surface area (Å²) in [6, 6.07) is 10.4. The molecular weight excluding hydrogens is 631 g/mol. The molecule has 3 heteroatoms. The Hall–Kier alpha value is -0.617. The van der Waals surface area contributed by atoms with E-state index in [-0.39, 0.29) is 72.7 Å². The molecule has 3 aliphatic rings. The van der Waals surface area contributed by atoms with E-state index >= 15 is 0 Å². The summed E-state index contributed by atoms with van der Waals surface area (Å²) in [5.41, 5.74) is 17.6. The zero-order chi connectivity index (χ0) is 29.0. The molecule has 2 unspecified atom stereocenters.